The van der Waals surface area contributed by atoms with Crippen LogP contribution >= 0.6 is 0 Å². The van der Waals surface area contributed by atoms with E-state index in [0.29, 0.717) is 5.82 Å². The maximum absolute atomic E-state index is 14.0. The molecule has 0 aliphatic heterocycles. The summed E-state index contributed by atoms with van der Waals surface area (Å²) >= 11 is 0. The third-order valence-corrected chi connectivity index (χ3v) is 2.68. The van der Waals surface area contributed by atoms with Crippen LogP contribution in [0.2, 0.25) is 0 Å². The van der Waals surface area contributed by atoms with Crippen LogP contribution in [0.5, 0.6) is 0 Å². The van der Waals surface area contributed by atoms with E-state index in [1.54, 1.807) is 33.8 Å². The average Bonchev–Trinajstić information content (AvgIpc) is 2.73. The van der Waals surface area contributed by atoms with Gasteiger partial charge in [0.15, 0.2) is 11.6 Å². The molecule has 1 aromatic carbocycles. The zero-order valence-corrected chi connectivity index (χ0v) is 11.3. The molecule has 0 spiro atoms. The van der Waals surface area contributed by atoms with E-state index in [9.17, 15) is 9.18 Å². The van der Waals surface area contributed by atoms with Crippen molar-refractivity contribution in [3.63, 3.8) is 0 Å². The van der Waals surface area contributed by atoms with E-state index in [-0.39, 0.29) is 22.8 Å². The second-order valence-electron chi connectivity index (χ2n) is 5.39. The van der Waals surface area contributed by atoms with Crippen LogP contribution in [0.4, 0.5) is 4.39 Å². The Labute approximate surface area is 110 Å². The SMILES string of the molecule is Cc1noc(-c2c(F)cccc2C(=O)C(C)(C)C)n1. The molecule has 5 heteroatoms. The third-order valence-electron chi connectivity index (χ3n) is 2.68. The monoisotopic (exact) mass is 262 g/mol. The highest BCUT2D eigenvalue weighted by Gasteiger charge is 2.28. The lowest BCUT2D eigenvalue weighted by atomic mass is 9.84. The van der Waals surface area contributed by atoms with Gasteiger partial charge in [0.25, 0.3) is 5.89 Å². The molecule has 100 valence electrons. The lowest BCUT2D eigenvalue weighted by molar-refractivity contribution is 0.0858. The van der Waals surface area contributed by atoms with Crippen molar-refractivity contribution in [3.8, 4) is 11.5 Å². The van der Waals surface area contributed by atoms with Crippen molar-refractivity contribution in [1.29, 1.82) is 0 Å². The molecule has 0 bridgehead atoms. The van der Waals surface area contributed by atoms with Crippen LogP contribution in [0.15, 0.2) is 22.7 Å². The molecule has 1 heterocycles. The van der Waals surface area contributed by atoms with Gasteiger partial charge in [0.2, 0.25) is 0 Å². The van der Waals surface area contributed by atoms with E-state index in [0.717, 1.165) is 0 Å². The Hall–Kier alpha value is -2.04. The largest absolute Gasteiger partial charge is 0.334 e. The van der Waals surface area contributed by atoms with Crippen LogP contribution in [0.1, 0.15) is 37.0 Å². The van der Waals surface area contributed by atoms with Gasteiger partial charge in [0, 0.05) is 11.0 Å². The first kappa shape index (κ1) is 13.4. The summed E-state index contributed by atoms with van der Waals surface area (Å²) in [6.07, 6.45) is 0. The maximum atomic E-state index is 14.0. The van der Waals surface area contributed by atoms with Crippen molar-refractivity contribution in [2.45, 2.75) is 27.7 Å². The van der Waals surface area contributed by atoms with Gasteiger partial charge in [-0.1, -0.05) is 38.1 Å². The van der Waals surface area contributed by atoms with Crippen molar-refractivity contribution in [1.82, 2.24) is 10.1 Å². The fraction of sp³-hybridized carbons (Fsp3) is 0.357. The topological polar surface area (TPSA) is 56.0 Å². The van der Waals surface area contributed by atoms with Gasteiger partial charge in [0.1, 0.15) is 5.82 Å². The molecule has 0 saturated heterocycles. The second kappa shape index (κ2) is 4.57. The fourth-order valence-corrected chi connectivity index (χ4v) is 1.73. The molecule has 0 amide bonds. The molecule has 0 fully saturated rings. The Bertz CT molecular complexity index is 627. The molecule has 2 rings (SSSR count). The molecule has 0 unspecified atom stereocenters. The molecule has 0 N–H and O–H groups in total. The number of carbonyl (C=O) groups is 1. The number of aryl methyl sites for hydroxylation is 1. The van der Waals surface area contributed by atoms with Crippen LogP contribution in [-0.4, -0.2) is 15.9 Å². The number of aromatic nitrogens is 2. The number of Topliss-reactive ketones (excluding diaryl/α,β-unsaturated/α-hetero) is 1. The van der Waals surface area contributed by atoms with Gasteiger partial charge in [-0.15, -0.1) is 0 Å². The number of ketones is 1. The van der Waals surface area contributed by atoms with Crippen molar-refractivity contribution >= 4 is 5.78 Å². The molecular formula is C14H15FN2O2. The summed E-state index contributed by atoms with van der Waals surface area (Å²) in [5, 5.41) is 3.63. The number of benzene rings is 1. The third kappa shape index (κ3) is 2.54. The zero-order chi connectivity index (χ0) is 14.2. The molecule has 0 radical (unpaired) electrons. The Balaban J connectivity index is 2.64. The minimum atomic E-state index is -0.613. The van der Waals surface area contributed by atoms with E-state index >= 15 is 0 Å². The van der Waals surface area contributed by atoms with Crippen LogP contribution < -0.4 is 0 Å². The Kier molecular flexibility index (Phi) is 3.22. The van der Waals surface area contributed by atoms with Gasteiger partial charge in [-0.05, 0) is 13.0 Å². The summed E-state index contributed by atoms with van der Waals surface area (Å²) in [5.74, 6) is -0.285. The second-order valence-corrected chi connectivity index (χ2v) is 5.39. The van der Waals surface area contributed by atoms with E-state index < -0.39 is 11.2 Å². The number of hydrogen-bond donors (Lipinski definition) is 0. The predicted octanol–water partition coefficient (Wildman–Crippen LogP) is 3.41. The Morgan fingerprint density at radius 1 is 1.32 bits per heavy atom. The maximum Gasteiger partial charge on any atom is 0.261 e. The van der Waals surface area contributed by atoms with Crippen molar-refractivity contribution in [2.75, 3.05) is 0 Å². The number of carbonyl (C=O) groups excluding carboxylic acids is 1. The van der Waals surface area contributed by atoms with Gasteiger partial charge in [0.05, 0.1) is 5.56 Å². The normalized spacial score (nSPS) is 11.6. The highest BCUT2D eigenvalue weighted by atomic mass is 19.1. The quantitative estimate of drug-likeness (QED) is 0.778. The molecule has 4 nitrogen and oxygen atoms in total. The van der Waals surface area contributed by atoms with E-state index in [1.165, 1.54) is 12.1 Å². The number of halogens is 1. The average molecular weight is 262 g/mol. The summed E-state index contributed by atoms with van der Waals surface area (Å²) in [7, 11) is 0. The van der Waals surface area contributed by atoms with Crippen LogP contribution in [-0.2, 0) is 0 Å². The van der Waals surface area contributed by atoms with Gasteiger partial charge in [-0.25, -0.2) is 4.39 Å². The Morgan fingerprint density at radius 3 is 2.53 bits per heavy atom. The fourth-order valence-electron chi connectivity index (χ4n) is 1.73. The van der Waals surface area contributed by atoms with E-state index in [2.05, 4.69) is 10.1 Å². The summed E-state index contributed by atoms with van der Waals surface area (Å²) in [5.41, 5.74) is -0.281. The lowest BCUT2D eigenvalue weighted by Gasteiger charge is -2.18. The number of hydrogen-bond acceptors (Lipinski definition) is 4. The van der Waals surface area contributed by atoms with E-state index in [4.69, 9.17) is 4.52 Å². The summed E-state index contributed by atoms with van der Waals surface area (Å²) in [6, 6.07) is 4.35. The highest BCUT2D eigenvalue weighted by Crippen LogP contribution is 2.30. The number of nitrogens with zero attached hydrogens (tertiary/aromatic N) is 2. The van der Waals surface area contributed by atoms with Crippen molar-refractivity contribution < 1.29 is 13.7 Å². The van der Waals surface area contributed by atoms with Gasteiger partial charge in [-0.3, -0.25) is 4.79 Å². The molecule has 0 aliphatic rings. The minimum Gasteiger partial charge on any atom is -0.334 e. The van der Waals surface area contributed by atoms with Crippen molar-refractivity contribution in [3.05, 3.63) is 35.4 Å². The summed E-state index contributed by atoms with van der Waals surface area (Å²) in [4.78, 5) is 16.4. The summed E-state index contributed by atoms with van der Waals surface area (Å²) < 4.78 is 19.0. The lowest BCUT2D eigenvalue weighted by Crippen LogP contribution is -2.21. The zero-order valence-electron chi connectivity index (χ0n) is 11.3. The first-order valence-electron chi connectivity index (χ1n) is 5.94. The first-order chi connectivity index (χ1) is 8.80. The van der Waals surface area contributed by atoms with Gasteiger partial charge in [-0.2, -0.15) is 4.98 Å². The molecule has 0 saturated carbocycles. The first-order valence-corrected chi connectivity index (χ1v) is 5.94. The summed E-state index contributed by atoms with van der Waals surface area (Å²) in [6.45, 7) is 6.98. The highest BCUT2D eigenvalue weighted by molar-refractivity contribution is 6.04. The molecular weight excluding hydrogens is 247 g/mol. The number of rotatable bonds is 2. The van der Waals surface area contributed by atoms with Crippen LogP contribution in [0, 0.1) is 18.2 Å². The van der Waals surface area contributed by atoms with E-state index in [1.807, 2.05) is 0 Å². The molecule has 1 aromatic heterocycles. The van der Waals surface area contributed by atoms with Crippen molar-refractivity contribution in [2.24, 2.45) is 5.41 Å². The Morgan fingerprint density at radius 2 is 2.00 bits per heavy atom. The van der Waals surface area contributed by atoms with Crippen LogP contribution in [0.3, 0.4) is 0 Å². The molecule has 0 atom stereocenters. The molecule has 19 heavy (non-hydrogen) atoms. The molecule has 2 aromatic rings. The smallest absolute Gasteiger partial charge is 0.261 e. The predicted molar refractivity (Wildman–Crippen MR) is 68.2 cm³/mol. The minimum absolute atomic E-state index is 0.0307. The van der Waals surface area contributed by atoms with Gasteiger partial charge < -0.3 is 4.52 Å². The standard InChI is InChI=1S/C14H15FN2O2/c1-8-16-13(19-17-8)11-9(6-5-7-10(11)15)12(18)14(2,3)4/h5-7H,1-4H3. The van der Waals surface area contributed by atoms with Crippen LogP contribution in [0.25, 0.3) is 11.5 Å². The van der Waals surface area contributed by atoms with Gasteiger partial charge >= 0.3 is 0 Å². The molecule has 0 aliphatic carbocycles.